The fourth-order valence-corrected chi connectivity index (χ4v) is 3.22. The van der Waals surface area contributed by atoms with Crippen LogP contribution in [-0.4, -0.2) is 29.2 Å². The molecule has 26 heavy (non-hydrogen) atoms. The van der Waals surface area contributed by atoms with Crippen molar-refractivity contribution >= 4 is 33.3 Å². The molecule has 0 radical (unpaired) electrons. The van der Waals surface area contributed by atoms with Crippen LogP contribution >= 0.6 is 15.9 Å². The molecule has 1 aromatic heterocycles. The quantitative estimate of drug-likeness (QED) is 0.507. The standard InChI is InChI=1S/C18H23BrN6O/c1-11-4-5-13(10-14(11)19)23-16(20)15-17(25-26-24-15)22-12(2)18(3)6-8-21-9-7-18/h4-5,10,21H,2,6-9H2,1,3H3,(H2,20,23)(H,22,25). The number of piperidine rings is 1. The summed E-state index contributed by atoms with van der Waals surface area (Å²) in [5.74, 6) is 0.662. The van der Waals surface area contributed by atoms with Crippen molar-refractivity contribution in [2.24, 2.45) is 16.1 Å². The van der Waals surface area contributed by atoms with Gasteiger partial charge in [0.2, 0.25) is 5.82 Å². The maximum atomic E-state index is 6.14. The Kier molecular flexibility index (Phi) is 5.43. The number of benzene rings is 1. The smallest absolute Gasteiger partial charge is 0.206 e. The molecule has 0 bridgehead atoms. The van der Waals surface area contributed by atoms with Crippen molar-refractivity contribution in [3.05, 3.63) is 46.2 Å². The Labute approximate surface area is 161 Å². The second-order valence-corrected chi connectivity index (χ2v) is 7.66. The molecule has 2 aromatic rings. The molecular formula is C18H23BrN6O. The minimum absolute atomic E-state index is 0.0187. The summed E-state index contributed by atoms with van der Waals surface area (Å²) >= 11 is 3.50. The second kappa shape index (κ2) is 7.59. The Morgan fingerprint density at radius 1 is 1.38 bits per heavy atom. The van der Waals surface area contributed by atoms with Gasteiger partial charge in [0.15, 0.2) is 11.5 Å². The van der Waals surface area contributed by atoms with Crippen LogP contribution in [0.5, 0.6) is 0 Å². The summed E-state index contributed by atoms with van der Waals surface area (Å²) in [7, 11) is 0. The zero-order valence-corrected chi connectivity index (χ0v) is 16.6. The third-order valence-electron chi connectivity index (χ3n) is 4.84. The van der Waals surface area contributed by atoms with Crippen molar-refractivity contribution in [3.8, 4) is 0 Å². The van der Waals surface area contributed by atoms with Gasteiger partial charge in [-0.15, -0.1) is 0 Å². The van der Waals surface area contributed by atoms with Crippen molar-refractivity contribution in [1.29, 1.82) is 0 Å². The summed E-state index contributed by atoms with van der Waals surface area (Å²) in [6.45, 7) is 10.3. The molecule has 0 spiro atoms. The average molecular weight is 419 g/mol. The summed E-state index contributed by atoms with van der Waals surface area (Å²) in [5, 5.41) is 14.4. The molecule has 1 fully saturated rings. The largest absolute Gasteiger partial charge is 0.382 e. The Morgan fingerprint density at radius 3 is 2.81 bits per heavy atom. The summed E-state index contributed by atoms with van der Waals surface area (Å²) in [6, 6.07) is 5.76. The molecule has 1 aliphatic heterocycles. The Bertz CT molecular complexity index is 838. The van der Waals surface area contributed by atoms with Crippen LogP contribution in [0.2, 0.25) is 0 Å². The van der Waals surface area contributed by atoms with E-state index in [2.05, 4.69) is 55.4 Å². The molecule has 1 aliphatic rings. The van der Waals surface area contributed by atoms with E-state index in [1.807, 2.05) is 25.1 Å². The molecule has 3 rings (SSSR count). The number of nitrogens with two attached hydrogens (primary N) is 1. The number of allylic oxidation sites excluding steroid dienone is 1. The fourth-order valence-electron chi connectivity index (χ4n) is 2.86. The number of halogens is 1. The van der Waals surface area contributed by atoms with Gasteiger partial charge < -0.3 is 16.4 Å². The van der Waals surface area contributed by atoms with Crippen molar-refractivity contribution < 1.29 is 4.63 Å². The van der Waals surface area contributed by atoms with Gasteiger partial charge in [-0.2, -0.15) is 0 Å². The lowest BCUT2D eigenvalue weighted by Gasteiger charge is -2.35. The zero-order valence-electron chi connectivity index (χ0n) is 15.0. The molecule has 7 nitrogen and oxygen atoms in total. The van der Waals surface area contributed by atoms with E-state index in [9.17, 15) is 0 Å². The van der Waals surface area contributed by atoms with Crippen molar-refractivity contribution in [1.82, 2.24) is 15.6 Å². The summed E-state index contributed by atoms with van der Waals surface area (Å²) in [5.41, 5.74) is 9.22. The lowest BCUT2D eigenvalue weighted by molar-refractivity contribution is 0.283. The van der Waals surface area contributed by atoms with E-state index in [-0.39, 0.29) is 11.3 Å². The Hall–Kier alpha value is -2.19. The molecule has 8 heteroatoms. The zero-order chi connectivity index (χ0) is 18.7. The lowest BCUT2D eigenvalue weighted by atomic mass is 9.78. The molecule has 2 heterocycles. The minimum atomic E-state index is -0.0187. The van der Waals surface area contributed by atoms with Crippen LogP contribution in [0.4, 0.5) is 11.5 Å². The topological polar surface area (TPSA) is 101 Å². The van der Waals surface area contributed by atoms with E-state index < -0.39 is 0 Å². The van der Waals surface area contributed by atoms with E-state index >= 15 is 0 Å². The predicted octanol–water partition coefficient (Wildman–Crippen LogP) is 3.49. The van der Waals surface area contributed by atoms with Crippen LogP contribution in [0.3, 0.4) is 0 Å². The first-order valence-electron chi connectivity index (χ1n) is 8.49. The number of nitrogens with one attached hydrogen (secondary N) is 2. The van der Waals surface area contributed by atoms with Crippen LogP contribution in [0, 0.1) is 12.3 Å². The monoisotopic (exact) mass is 418 g/mol. The molecule has 0 unspecified atom stereocenters. The van der Waals surface area contributed by atoms with Crippen LogP contribution in [0.1, 0.15) is 31.0 Å². The minimum Gasteiger partial charge on any atom is -0.382 e. The summed E-state index contributed by atoms with van der Waals surface area (Å²) in [6.07, 6.45) is 2.00. The number of aromatic nitrogens is 2. The van der Waals surface area contributed by atoms with Gasteiger partial charge in [-0.1, -0.05) is 35.5 Å². The van der Waals surface area contributed by atoms with Crippen molar-refractivity contribution in [2.45, 2.75) is 26.7 Å². The highest BCUT2D eigenvalue weighted by molar-refractivity contribution is 9.10. The first-order valence-corrected chi connectivity index (χ1v) is 9.29. The van der Waals surface area contributed by atoms with Crippen LogP contribution in [0.25, 0.3) is 0 Å². The normalized spacial score (nSPS) is 17.1. The van der Waals surface area contributed by atoms with Gasteiger partial charge in [0.05, 0.1) is 5.69 Å². The van der Waals surface area contributed by atoms with Gasteiger partial charge in [0.25, 0.3) is 0 Å². The molecule has 0 aliphatic carbocycles. The number of aliphatic imine (C=N–C) groups is 1. The molecule has 4 N–H and O–H groups in total. The third kappa shape index (κ3) is 3.96. The molecule has 1 saturated heterocycles. The Morgan fingerprint density at radius 2 is 2.12 bits per heavy atom. The molecule has 1 aromatic carbocycles. The highest BCUT2D eigenvalue weighted by atomic mass is 79.9. The SMILES string of the molecule is C=C(Nc1nonc1C(N)=Nc1ccc(C)c(Br)c1)C1(C)CCNCC1. The van der Waals surface area contributed by atoms with Gasteiger partial charge >= 0.3 is 0 Å². The maximum Gasteiger partial charge on any atom is 0.206 e. The van der Waals surface area contributed by atoms with Crippen molar-refractivity contribution in [2.75, 3.05) is 18.4 Å². The van der Waals surface area contributed by atoms with Gasteiger partial charge in [0, 0.05) is 15.6 Å². The Balaban J connectivity index is 1.80. The van der Waals surface area contributed by atoms with E-state index in [0.29, 0.717) is 11.5 Å². The fraction of sp³-hybridized carbons (Fsp3) is 0.389. The number of nitrogens with zero attached hydrogens (tertiary/aromatic N) is 3. The third-order valence-corrected chi connectivity index (χ3v) is 5.70. The van der Waals surface area contributed by atoms with Crippen molar-refractivity contribution in [3.63, 3.8) is 0 Å². The number of anilines is 1. The summed E-state index contributed by atoms with van der Waals surface area (Å²) < 4.78 is 5.85. The van der Waals surface area contributed by atoms with Crippen LogP contribution in [0.15, 0.2) is 44.6 Å². The number of hydrogen-bond acceptors (Lipinski definition) is 6. The van der Waals surface area contributed by atoms with E-state index in [0.717, 1.165) is 47.4 Å². The van der Waals surface area contributed by atoms with Crippen LogP contribution < -0.4 is 16.4 Å². The average Bonchev–Trinajstić information content (AvgIpc) is 3.07. The predicted molar refractivity (Wildman–Crippen MR) is 107 cm³/mol. The number of amidine groups is 1. The molecule has 0 saturated carbocycles. The van der Waals surface area contributed by atoms with E-state index in [1.165, 1.54) is 0 Å². The molecule has 0 atom stereocenters. The first kappa shape index (κ1) is 18.6. The van der Waals surface area contributed by atoms with Crippen LogP contribution in [-0.2, 0) is 0 Å². The number of hydrogen-bond donors (Lipinski definition) is 3. The molecular weight excluding hydrogens is 396 g/mol. The second-order valence-electron chi connectivity index (χ2n) is 6.81. The molecule has 0 amide bonds. The van der Waals surface area contributed by atoms with Gasteiger partial charge in [-0.25, -0.2) is 9.62 Å². The lowest BCUT2D eigenvalue weighted by Crippen LogP contribution is -2.37. The number of aryl methyl sites for hydroxylation is 1. The van der Waals surface area contributed by atoms with E-state index in [4.69, 9.17) is 10.4 Å². The van der Waals surface area contributed by atoms with Gasteiger partial charge in [-0.05, 0) is 60.9 Å². The number of rotatable bonds is 5. The maximum absolute atomic E-state index is 6.14. The highest BCUT2D eigenvalue weighted by Crippen LogP contribution is 2.35. The van der Waals surface area contributed by atoms with Gasteiger partial charge in [0.1, 0.15) is 0 Å². The highest BCUT2D eigenvalue weighted by Gasteiger charge is 2.31. The summed E-state index contributed by atoms with van der Waals surface area (Å²) in [4.78, 5) is 4.42. The van der Waals surface area contributed by atoms with Gasteiger partial charge in [-0.3, -0.25) is 0 Å². The first-order chi connectivity index (χ1) is 12.4. The van der Waals surface area contributed by atoms with E-state index in [1.54, 1.807) is 0 Å². The molecule has 138 valence electrons.